The van der Waals surface area contributed by atoms with E-state index in [0.717, 1.165) is 21.8 Å². The number of rotatable bonds is 4. The third-order valence-electron chi connectivity index (χ3n) is 3.27. The maximum Gasteiger partial charge on any atom is 0.229 e. The van der Waals surface area contributed by atoms with E-state index in [4.69, 9.17) is 10.00 Å². The van der Waals surface area contributed by atoms with Gasteiger partial charge in [0.1, 0.15) is 16.8 Å². The highest BCUT2D eigenvalue weighted by atomic mass is 32.1. The molecule has 0 saturated heterocycles. The number of hydrogen-bond donors (Lipinski definition) is 1. The fourth-order valence-corrected chi connectivity index (χ4v) is 2.98. The summed E-state index contributed by atoms with van der Waals surface area (Å²) in [4.78, 5) is 13.1. The lowest BCUT2D eigenvalue weighted by Crippen LogP contribution is -2.14. The Bertz CT molecular complexity index is 696. The van der Waals surface area contributed by atoms with E-state index in [1.54, 1.807) is 7.11 Å². The van der Waals surface area contributed by atoms with Crippen LogP contribution in [0.4, 0.5) is 5.00 Å². The van der Waals surface area contributed by atoms with Crippen molar-refractivity contribution in [2.75, 3.05) is 12.4 Å². The Morgan fingerprint density at radius 2 is 2.00 bits per heavy atom. The van der Waals surface area contributed by atoms with E-state index in [1.807, 2.05) is 38.1 Å². The van der Waals surface area contributed by atoms with Crippen LogP contribution in [0.25, 0.3) is 0 Å². The standard InChI is InChI=1S/C16H16N2O2S/c1-10-11(2)21-16(14(10)9-17)18-15(19)8-12-4-6-13(20-3)7-5-12/h4-7H,8H2,1-3H3,(H,18,19). The zero-order valence-corrected chi connectivity index (χ0v) is 13.0. The molecule has 108 valence electrons. The fraction of sp³-hybridized carbons (Fsp3) is 0.250. The quantitative estimate of drug-likeness (QED) is 0.941. The highest BCUT2D eigenvalue weighted by Crippen LogP contribution is 2.31. The molecule has 1 aromatic carbocycles. The van der Waals surface area contributed by atoms with E-state index in [0.29, 0.717) is 10.6 Å². The average Bonchev–Trinajstić information content (AvgIpc) is 2.73. The summed E-state index contributed by atoms with van der Waals surface area (Å²) < 4.78 is 5.08. The van der Waals surface area contributed by atoms with Crippen molar-refractivity contribution < 1.29 is 9.53 Å². The Kier molecular flexibility index (Phi) is 4.61. The minimum atomic E-state index is -0.127. The van der Waals surface area contributed by atoms with E-state index < -0.39 is 0 Å². The fourth-order valence-electron chi connectivity index (χ4n) is 1.95. The van der Waals surface area contributed by atoms with Gasteiger partial charge in [-0.3, -0.25) is 4.79 Å². The Hall–Kier alpha value is -2.32. The number of nitrogens with one attached hydrogen (secondary N) is 1. The summed E-state index contributed by atoms with van der Waals surface area (Å²) in [5.41, 5.74) is 2.39. The normalized spacial score (nSPS) is 10.0. The number of nitriles is 1. The van der Waals surface area contributed by atoms with Crippen LogP contribution in [0, 0.1) is 25.2 Å². The van der Waals surface area contributed by atoms with Crippen LogP contribution in [0.2, 0.25) is 0 Å². The molecule has 0 saturated carbocycles. The number of thiophene rings is 1. The van der Waals surface area contributed by atoms with Crippen molar-refractivity contribution in [2.45, 2.75) is 20.3 Å². The molecule has 1 aromatic heterocycles. The second-order valence-electron chi connectivity index (χ2n) is 4.67. The molecular weight excluding hydrogens is 284 g/mol. The molecule has 1 amide bonds. The van der Waals surface area contributed by atoms with Gasteiger partial charge in [0.05, 0.1) is 19.1 Å². The number of ether oxygens (including phenoxy) is 1. The van der Waals surface area contributed by atoms with Crippen LogP contribution in [0.5, 0.6) is 5.75 Å². The van der Waals surface area contributed by atoms with Gasteiger partial charge in [0, 0.05) is 4.88 Å². The zero-order chi connectivity index (χ0) is 15.4. The topological polar surface area (TPSA) is 62.1 Å². The van der Waals surface area contributed by atoms with Crippen LogP contribution in [0.1, 0.15) is 21.6 Å². The lowest BCUT2D eigenvalue weighted by molar-refractivity contribution is -0.115. The number of carbonyl (C=O) groups is 1. The minimum Gasteiger partial charge on any atom is -0.497 e. The number of carbonyl (C=O) groups excluding carboxylic acids is 1. The Morgan fingerprint density at radius 1 is 1.33 bits per heavy atom. The summed E-state index contributed by atoms with van der Waals surface area (Å²) in [5.74, 6) is 0.633. The molecular formula is C16H16N2O2S. The van der Waals surface area contributed by atoms with Crippen molar-refractivity contribution in [1.82, 2.24) is 0 Å². The number of aryl methyl sites for hydroxylation is 1. The van der Waals surface area contributed by atoms with Crippen molar-refractivity contribution >= 4 is 22.2 Å². The molecule has 0 aliphatic carbocycles. The van der Waals surface area contributed by atoms with Crippen LogP contribution in [0.15, 0.2) is 24.3 Å². The first-order valence-corrected chi connectivity index (χ1v) is 7.29. The average molecular weight is 300 g/mol. The predicted octanol–water partition coefficient (Wildman–Crippen LogP) is 3.43. The number of nitrogens with zero attached hydrogens (tertiary/aromatic N) is 1. The Balaban J connectivity index is 2.08. The molecule has 1 N–H and O–H groups in total. The monoisotopic (exact) mass is 300 g/mol. The first kappa shape index (κ1) is 15.1. The Morgan fingerprint density at radius 3 is 2.57 bits per heavy atom. The molecule has 5 heteroatoms. The molecule has 0 bridgehead atoms. The molecule has 4 nitrogen and oxygen atoms in total. The summed E-state index contributed by atoms with van der Waals surface area (Å²) in [6, 6.07) is 9.50. The van der Waals surface area contributed by atoms with Crippen LogP contribution in [-0.4, -0.2) is 13.0 Å². The van der Waals surface area contributed by atoms with Crippen LogP contribution >= 0.6 is 11.3 Å². The molecule has 0 fully saturated rings. The van der Waals surface area contributed by atoms with Crippen molar-refractivity contribution in [3.05, 3.63) is 45.8 Å². The van der Waals surface area contributed by atoms with E-state index >= 15 is 0 Å². The van der Waals surface area contributed by atoms with E-state index in [9.17, 15) is 4.79 Å². The highest BCUT2D eigenvalue weighted by molar-refractivity contribution is 7.16. The SMILES string of the molecule is COc1ccc(CC(=O)Nc2sc(C)c(C)c2C#N)cc1. The van der Waals surface area contributed by atoms with E-state index in [1.165, 1.54) is 11.3 Å². The maximum absolute atomic E-state index is 12.1. The number of amides is 1. The molecule has 0 unspecified atom stereocenters. The van der Waals surface area contributed by atoms with Crippen LogP contribution in [0.3, 0.4) is 0 Å². The summed E-state index contributed by atoms with van der Waals surface area (Å²) in [6.45, 7) is 3.84. The van der Waals surface area contributed by atoms with E-state index in [-0.39, 0.29) is 12.3 Å². The maximum atomic E-state index is 12.1. The smallest absolute Gasteiger partial charge is 0.229 e. The van der Waals surface area contributed by atoms with Gasteiger partial charge in [-0.1, -0.05) is 12.1 Å². The van der Waals surface area contributed by atoms with Crippen molar-refractivity contribution in [3.8, 4) is 11.8 Å². The predicted molar refractivity (Wildman–Crippen MR) is 83.8 cm³/mol. The zero-order valence-electron chi connectivity index (χ0n) is 12.2. The molecule has 1 heterocycles. The van der Waals surface area contributed by atoms with Gasteiger partial charge in [0.25, 0.3) is 0 Å². The summed E-state index contributed by atoms with van der Waals surface area (Å²) in [5, 5.41) is 12.6. The molecule has 0 atom stereocenters. The van der Waals surface area contributed by atoms with Gasteiger partial charge in [0.2, 0.25) is 5.91 Å². The number of anilines is 1. The summed E-state index contributed by atoms with van der Waals surface area (Å²) in [6.07, 6.45) is 0.269. The van der Waals surface area contributed by atoms with Gasteiger partial charge in [-0.05, 0) is 37.1 Å². The molecule has 21 heavy (non-hydrogen) atoms. The summed E-state index contributed by atoms with van der Waals surface area (Å²) in [7, 11) is 1.60. The molecule has 0 aliphatic rings. The third-order valence-corrected chi connectivity index (χ3v) is 4.40. The van der Waals surface area contributed by atoms with Gasteiger partial charge in [-0.15, -0.1) is 11.3 Å². The second kappa shape index (κ2) is 6.42. The van der Waals surface area contributed by atoms with Gasteiger partial charge < -0.3 is 10.1 Å². The molecule has 0 spiro atoms. The number of benzene rings is 1. The van der Waals surface area contributed by atoms with Gasteiger partial charge >= 0.3 is 0 Å². The molecule has 2 rings (SSSR count). The third kappa shape index (κ3) is 3.41. The first-order valence-electron chi connectivity index (χ1n) is 6.48. The highest BCUT2D eigenvalue weighted by Gasteiger charge is 2.14. The van der Waals surface area contributed by atoms with Crippen molar-refractivity contribution in [2.24, 2.45) is 0 Å². The lowest BCUT2D eigenvalue weighted by atomic mass is 10.1. The van der Waals surface area contributed by atoms with Gasteiger partial charge in [-0.25, -0.2) is 0 Å². The second-order valence-corrected chi connectivity index (χ2v) is 5.90. The summed E-state index contributed by atoms with van der Waals surface area (Å²) >= 11 is 1.44. The van der Waals surface area contributed by atoms with Gasteiger partial charge in [-0.2, -0.15) is 5.26 Å². The molecule has 0 aliphatic heterocycles. The van der Waals surface area contributed by atoms with Crippen LogP contribution < -0.4 is 10.1 Å². The van der Waals surface area contributed by atoms with E-state index in [2.05, 4.69) is 11.4 Å². The first-order chi connectivity index (χ1) is 10.0. The van der Waals surface area contributed by atoms with Crippen LogP contribution in [-0.2, 0) is 11.2 Å². The lowest BCUT2D eigenvalue weighted by Gasteiger charge is -2.05. The number of hydrogen-bond acceptors (Lipinski definition) is 4. The van der Waals surface area contributed by atoms with Crippen molar-refractivity contribution in [3.63, 3.8) is 0 Å². The number of methoxy groups -OCH3 is 1. The molecule has 2 aromatic rings. The largest absolute Gasteiger partial charge is 0.497 e. The molecule has 0 radical (unpaired) electrons. The Labute approximate surface area is 128 Å². The van der Waals surface area contributed by atoms with Crippen molar-refractivity contribution in [1.29, 1.82) is 5.26 Å². The van der Waals surface area contributed by atoms with Gasteiger partial charge in [0.15, 0.2) is 0 Å². The minimum absolute atomic E-state index is 0.127.